The number of nitrogens with zero attached hydrogens (tertiary/aromatic N) is 3. The zero-order valence-electron chi connectivity index (χ0n) is 14.7. The highest BCUT2D eigenvalue weighted by atomic mass is 32.1. The van der Waals surface area contributed by atoms with Crippen molar-refractivity contribution in [1.82, 2.24) is 20.5 Å². The van der Waals surface area contributed by atoms with E-state index < -0.39 is 0 Å². The molecule has 126 valence electrons. The molecule has 1 heterocycles. The third kappa shape index (κ3) is 6.75. The van der Waals surface area contributed by atoms with Gasteiger partial charge in [0.1, 0.15) is 0 Å². The second kappa shape index (κ2) is 10.6. The number of hydrogen-bond donors (Lipinski definition) is 2. The lowest BCUT2D eigenvalue weighted by Gasteiger charge is -2.18. The van der Waals surface area contributed by atoms with E-state index in [1.165, 1.54) is 9.88 Å². The van der Waals surface area contributed by atoms with Crippen LogP contribution in [0.15, 0.2) is 4.99 Å². The molecule has 0 radical (unpaired) electrons. The molecule has 5 nitrogen and oxygen atoms in total. The summed E-state index contributed by atoms with van der Waals surface area (Å²) in [4.78, 5) is 12.6. The highest BCUT2D eigenvalue weighted by molar-refractivity contribution is 7.11. The maximum atomic E-state index is 4.56. The predicted octanol–water partition coefficient (Wildman–Crippen LogP) is 2.20. The van der Waals surface area contributed by atoms with Crippen molar-refractivity contribution in [2.45, 2.75) is 40.5 Å². The number of rotatable bonds is 9. The summed E-state index contributed by atoms with van der Waals surface area (Å²) < 4.78 is 0. The van der Waals surface area contributed by atoms with Crippen LogP contribution in [-0.4, -0.2) is 55.6 Å². The summed E-state index contributed by atoms with van der Waals surface area (Å²) in [6.45, 7) is 13.8. The van der Waals surface area contributed by atoms with Crippen molar-refractivity contribution < 1.29 is 0 Å². The second-order valence-electron chi connectivity index (χ2n) is 5.31. The molecule has 0 spiro atoms. The summed E-state index contributed by atoms with van der Waals surface area (Å²) in [7, 11) is 1.82. The van der Waals surface area contributed by atoms with Crippen LogP contribution >= 0.6 is 11.3 Å². The molecular formula is C16H31N5S. The number of aromatic nitrogens is 1. The van der Waals surface area contributed by atoms with Gasteiger partial charge in [-0.2, -0.15) is 0 Å². The highest BCUT2D eigenvalue weighted by Crippen LogP contribution is 2.16. The van der Waals surface area contributed by atoms with Gasteiger partial charge < -0.3 is 15.5 Å². The fourth-order valence-corrected chi connectivity index (χ4v) is 3.14. The lowest BCUT2D eigenvalue weighted by Crippen LogP contribution is -2.39. The van der Waals surface area contributed by atoms with Gasteiger partial charge in [0.25, 0.3) is 0 Å². The molecule has 6 heteroatoms. The van der Waals surface area contributed by atoms with E-state index in [0.29, 0.717) is 0 Å². The van der Waals surface area contributed by atoms with Gasteiger partial charge in [-0.05, 0) is 39.9 Å². The molecule has 0 aliphatic heterocycles. The van der Waals surface area contributed by atoms with E-state index >= 15 is 0 Å². The number of aliphatic imine (C=N–C) groups is 1. The molecule has 0 fully saturated rings. The van der Waals surface area contributed by atoms with Crippen LogP contribution in [0.1, 0.15) is 35.8 Å². The first-order valence-electron chi connectivity index (χ1n) is 8.20. The average molecular weight is 326 g/mol. The van der Waals surface area contributed by atoms with Gasteiger partial charge in [0.15, 0.2) is 5.96 Å². The van der Waals surface area contributed by atoms with Crippen molar-refractivity contribution in [2.24, 2.45) is 4.99 Å². The van der Waals surface area contributed by atoms with E-state index in [1.807, 2.05) is 7.05 Å². The number of thiazole rings is 1. The van der Waals surface area contributed by atoms with Crippen molar-refractivity contribution in [3.63, 3.8) is 0 Å². The summed E-state index contributed by atoms with van der Waals surface area (Å²) in [5.74, 6) is 0.879. The van der Waals surface area contributed by atoms with Gasteiger partial charge >= 0.3 is 0 Å². The molecule has 2 N–H and O–H groups in total. The smallest absolute Gasteiger partial charge is 0.190 e. The maximum Gasteiger partial charge on any atom is 0.190 e. The normalized spacial score (nSPS) is 12.0. The molecule has 0 aromatic carbocycles. The van der Waals surface area contributed by atoms with Crippen LogP contribution < -0.4 is 10.6 Å². The van der Waals surface area contributed by atoms with E-state index in [2.05, 4.69) is 53.2 Å². The van der Waals surface area contributed by atoms with Crippen LogP contribution in [0.4, 0.5) is 0 Å². The predicted molar refractivity (Wildman–Crippen MR) is 97.1 cm³/mol. The topological polar surface area (TPSA) is 52.5 Å². The van der Waals surface area contributed by atoms with Crippen LogP contribution in [0.3, 0.4) is 0 Å². The standard InChI is InChI=1S/C16H31N5S/c1-6-21(7-2)12-8-10-18-16(17-5)19-11-9-15-20-13(3)14(4)22-15/h6-12H2,1-5H3,(H2,17,18,19). The molecule has 0 unspecified atom stereocenters. The molecule has 0 amide bonds. The summed E-state index contributed by atoms with van der Waals surface area (Å²) in [6.07, 6.45) is 2.08. The Labute approximate surface area is 139 Å². The first kappa shape index (κ1) is 18.9. The van der Waals surface area contributed by atoms with Gasteiger partial charge in [0.05, 0.1) is 10.7 Å². The Balaban J connectivity index is 2.20. The molecule has 0 bridgehead atoms. The minimum Gasteiger partial charge on any atom is -0.356 e. The van der Waals surface area contributed by atoms with Gasteiger partial charge in [0.2, 0.25) is 0 Å². The van der Waals surface area contributed by atoms with E-state index in [1.54, 1.807) is 11.3 Å². The van der Waals surface area contributed by atoms with Crippen LogP contribution in [0.25, 0.3) is 0 Å². The lowest BCUT2D eigenvalue weighted by molar-refractivity contribution is 0.300. The molecule has 1 aromatic rings. The molecule has 0 saturated heterocycles. The molecule has 1 rings (SSSR count). The lowest BCUT2D eigenvalue weighted by atomic mass is 10.3. The molecule has 22 heavy (non-hydrogen) atoms. The molecule has 0 atom stereocenters. The molecule has 0 saturated carbocycles. The number of hydrogen-bond acceptors (Lipinski definition) is 4. The number of guanidine groups is 1. The minimum atomic E-state index is 0.863. The second-order valence-corrected chi connectivity index (χ2v) is 6.59. The SMILES string of the molecule is CCN(CC)CCCNC(=NC)NCCc1nc(C)c(C)s1. The van der Waals surface area contributed by atoms with E-state index in [9.17, 15) is 0 Å². The van der Waals surface area contributed by atoms with Crippen molar-refractivity contribution in [2.75, 3.05) is 39.8 Å². The van der Waals surface area contributed by atoms with Crippen LogP contribution in [0, 0.1) is 13.8 Å². The zero-order valence-corrected chi connectivity index (χ0v) is 15.5. The summed E-state index contributed by atoms with van der Waals surface area (Å²) >= 11 is 1.79. The Hall–Kier alpha value is -1.14. The molecule has 0 aliphatic carbocycles. The Morgan fingerprint density at radius 1 is 1.18 bits per heavy atom. The third-order valence-corrected chi connectivity index (χ3v) is 4.90. The average Bonchev–Trinajstić information content (AvgIpc) is 2.84. The van der Waals surface area contributed by atoms with Crippen LogP contribution in [0.2, 0.25) is 0 Å². The molecular weight excluding hydrogens is 294 g/mol. The first-order valence-corrected chi connectivity index (χ1v) is 9.02. The minimum absolute atomic E-state index is 0.863. The van der Waals surface area contributed by atoms with E-state index in [0.717, 1.165) is 57.2 Å². The van der Waals surface area contributed by atoms with E-state index in [-0.39, 0.29) is 0 Å². The van der Waals surface area contributed by atoms with Crippen molar-refractivity contribution in [3.8, 4) is 0 Å². The molecule has 0 aliphatic rings. The van der Waals surface area contributed by atoms with Gasteiger partial charge in [-0.1, -0.05) is 13.8 Å². The number of aryl methyl sites for hydroxylation is 2. The highest BCUT2D eigenvalue weighted by Gasteiger charge is 2.04. The Morgan fingerprint density at radius 3 is 2.41 bits per heavy atom. The third-order valence-electron chi connectivity index (χ3n) is 3.77. The van der Waals surface area contributed by atoms with Crippen LogP contribution in [-0.2, 0) is 6.42 Å². The quantitative estimate of drug-likeness (QED) is 0.415. The maximum absolute atomic E-state index is 4.56. The van der Waals surface area contributed by atoms with Gasteiger partial charge in [-0.25, -0.2) is 4.98 Å². The van der Waals surface area contributed by atoms with Crippen molar-refractivity contribution in [1.29, 1.82) is 0 Å². The fourth-order valence-electron chi connectivity index (χ4n) is 2.20. The Bertz CT molecular complexity index is 432. The van der Waals surface area contributed by atoms with Crippen molar-refractivity contribution in [3.05, 3.63) is 15.6 Å². The largest absolute Gasteiger partial charge is 0.356 e. The zero-order chi connectivity index (χ0) is 16.4. The van der Waals surface area contributed by atoms with Gasteiger partial charge in [-0.3, -0.25) is 4.99 Å². The summed E-state index contributed by atoms with van der Waals surface area (Å²) in [5.41, 5.74) is 1.15. The molecule has 1 aromatic heterocycles. The fraction of sp³-hybridized carbons (Fsp3) is 0.750. The van der Waals surface area contributed by atoms with Crippen LogP contribution in [0.5, 0.6) is 0 Å². The monoisotopic (exact) mass is 325 g/mol. The van der Waals surface area contributed by atoms with Gasteiger partial charge in [0, 0.05) is 31.4 Å². The summed E-state index contributed by atoms with van der Waals surface area (Å²) in [6, 6.07) is 0. The van der Waals surface area contributed by atoms with E-state index in [4.69, 9.17) is 0 Å². The first-order chi connectivity index (χ1) is 10.6. The summed E-state index contributed by atoms with van der Waals surface area (Å²) in [5, 5.41) is 7.92. The van der Waals surface area contributed by atoms with Crippen molar-refractivity contribution >= 4 is 17.3 Å². The Kier molecular flexibility index (Phi) is 9.08. The Morgan fingerprint density at radius 2 is 1.86 bits per heavy atom. The van der Waals surface area contributed by atoms with Gasteiger partial charge in [-0.15, -0.1) is 11.3 Å². The number of nitrogens with one attached hydrogen (secondary N) is 2.